The quantitative estimate of drug-likeness (QED) is 0.542. The first-order chi connectivity index (χ1) is 14.4. The number of hydrogen-bond acceptors (Lipinski definition) is 9. The highest BCUT2D eigenvalue weighted by Gasteiger charge is 2.54. The van der Waals surface area contributed by atoms with Crippen LogP contribution in [0.3, 0.4) is 0 Å². The fourth-order valence-electron chi connectivity index (χ4n) is 2.84. The molecule has 156 valence electrons. The summed E-state index contributed by atoms with van der Waals surface area (Å²) >= 11 is 0. The van der Waals surface area contributed by atoms with Gasteiger partial charge in [0.05, 0.1) is 18.2 Å². The van der Waals surface area contributed by atoms with Crippen LogP contribution in [0.4, 0.5) is 0 Å². The highest BCUT2D eigenvalue weighted by atomic mass is 16.7. The molecule has 1 aliphatic rings. The lowest BCUT2D eigenvalue weighted by atomic mass is 10.1. The van der Waals surface area contributed by atoms with Gasteiger partial charge in [-0.2, -0.15) is 0 Å². The summed E-state index contributed by atoms with van der Waals surface area (Å²) in [6, 6.07) is 15.6. The maximum absolute atomic E-state index is 12.4. The molecule has 3 rings (SSSR count). The van der Waals surface area contributed by atoms with Crippen molar-refractivity contribution in [2.75, 3.05) is 7.11 Å². The van der Waals surface area contributed by atoms with Crippen LogP contribution in [0.1, 0.15) is 20.7 Å². The molecule has 0 aromatic heterocycles. The Morgan fingerprint density at radius 3 is 2.00 bits per heavy atom. The molecule has 0 spiro atoms. The van der Waals surface area contributed by atoms with Gasteiger partial charge in [0.1, 0.15) is 0 Å². The number of aliphatic hydroxyl groups is 1. The normalized spacial score (nSPS) is 21.3. The lowest BCUT2D eigenvalue weighted by molar-refractivity contribution is -0.165. The van der Waals surface area contributed by atoms with Gasteiger partial charge in [0.15, 0.2) is 18.3 Å². The van der Waals surface area contributed by atoms with E-state index in [1.165, 1.54) is 24.3 Å². The Labute approximate surface area is 171 Å². The highest BCUT2D eigenvalue weighted by Crippen LogP contribution is 2.26. The zero-order valence-electron chi connectivity index (χ0n) is 15.8. The Hall–Kier alpha value is -3.72. The molecule has 1 saturated heterocycles. The number of carbonyl (C=O) groups is 4. The summed E-state index contributed by atoms with van der Waals surface area (Å²) in [5.41, 5.74) is 0.285. The molecule has 2 aromatic rings. The van der Waals surface area contributed by atoms with Crippen LogP contribution in [-0.4, -0.2) is 60.5 Å². The van der Waals surface area contributed by atoms with Crippen LogP contribution in [0, 0.1) is 0 Å². The second kappa shape index (κ2) is 9.19. The van der Waals surface area contributed by atoms with E-state index in [1.54, 1.807) is 36.4 Å². The van der Waals surface area contributed by atoms with E-state index in [-0.39, 0.29) is 11.1 Å². The number of hydrogen-bond donors (Lipinski definition) is 1. The van der Waals surface area contributed by atoms with Crippen molar-refractivity contribution < 1.29 is 43.2 Å². The summed E-state index contributed by atoms with van der Waals surface area (Å²) in [6.07, 6.45) is -6.83. The first-order valence-corrected chi connectivity index (χ1v) is 8.91. The topological polar surface area (TPSA) is 125 Å². The predicted molar refractivity (Wildman–Crippen MR) is 99.2 cm³/mol. The first-order valence-electron chi connectivity index (χ1n) is 8.91. The summed E-state index contributed by atoms with van der Waals surface area (Å²) in [6.45, 7) is 0. The van der Waals surface area contributed by atoms with Crippen LogP contribution in [0.15, 0.2) is 60.7 Å². The van der Waals surface area contributed by atoms with Crippen molar-refractivity contribution in [3.8, 4) is 0 Å². The van der Waals surface area contributed by atoms with E-state index in [0.717, 1.165) is 7.11 Å². The molecule has 4 atom stereocenters. The van der Waals surface area contributed by atoms with Gasteiger partial charge in [-0.15, -0.1) is 0 Å². The Kier molecular flexibility index (Phi) is 6.43. The van der Waals surface area contributed by atoms with Gasteiger partial charge in [-0.1, -0.05) is 36.4 Å². The number of esters is 4. The molecular formula is C21H18O9. The Bertz CT molecular complexity index is 926. The Morgan fingerprint density at radius 2 is 1.47 bits per heavy atom. The third-order valence-electron chi connectivity index (χ3n) is 4.36. The van der Waals surface area contributed by atoms with E-state index in [4.69, 9.17) is 14.2 Å². The van der Waals surface area contributed by atoms with Crippen LogP contribution in [0.25, 0.3) is 0 Å². The zero-order chi connectivity index (χ0) is 21.7. The van der Waals surface area contributed by atoms with E-state index in [2.05, 4.69) is 4.74 Å². The SMILES string of the molecule is COC(=O)[C@@H](OC(=O)c1ccccc1)[C@H]1OC(=O)[C@H](O)[C@@H]1OC(=O)c1ccccc1. The smallest absolute Gasteiger partial charge is 0.351 e. The van der Waals surface area contributed by atoms with Gasteiger partial charge in [-0.25, -0.2) is 19.2 Å². The molecule has 1 fully saturated rings. The summed E-state index contributed by atoms with van der Waals surface area (Å²) in [4.78, 5) is 49.0. The van der Waals surface area contributed by atoms with Crippen molar-refractivity contribution in [3.63, 3.8) is 0 Å². The molecular weight excluding hydrogens is 396 g/mol. The Morgan fingerprint density at radius 1 is 0.933 bits per heavy atom. The van der Waals surface area contributed by atoms with Crippen molar-refractivity contribution in [1.82, 2.24) is 0 Å². The number of ether oxygens (including phenoxy) is 4. The molecule has 1 heterocycles. The first kappa shape index (κ1) is 21.0. The fraction of sp³-hybridized carbons (Fsp3) is 0.238. The van der Waals surface area contributed by atoms with Gasteiger partial charge in [0.2, 0.25) is 6.10 Å². The van der Waals surface area contributed by atoms with Crippen LogP contribution in [0.2, 0.25) is 0 Å². The summed E-state index contributed by atoms with van der Waals surface area (Å²) in [7, 11) is 1.05. The predicted octanol–water partition coefficient (Wildman–Crippen LogP) is 0.897. The molecule has 0 saturated carbocycles. The van der Waals surface area contributed by atoms with Gasteiger partial charge in [0.25, 0.3) is 0 Å². The van der Waals surface area contributed by atoms with Crippen LogP contribution >= 0.6 is 0 Å². The van der Waals surface area contributed by atoms with Gasteiger partial charge in [0, 0.05) is 0 Å². The van der Waals surface area contributed by atoms with Gasteiger partial charge < -0.3 is 24.1 Å². The van der Waals surface area contributed by atoms with E-state index in [0.29, 0.717) is 0 Å². The minimum absolute atomic E-state index is 0.133. The van der Waals surface area contributed by atoms with E-state index >= 15 is 0 Å². The van der Waals surface area contributed by atoms with Crippen molar-refractivity contribution in [1.29, 1.82) is 0 Å². The van der Waals surface area contributed by atoms with Gasteiger partial charge in [-0.05, 0) is 24.3 Å². The molecule has 1 aliphatic heterocycles. The molecule has 1 N–H and O–H groups in total. The average Bonchev–Trinajstić information content (AvgIpc) is 3.06. The number of methoxy groups -OCH3 is 1. The number of aliphatic hydroxyl groups excluding tert-OH is 1. The number of rotatable bonds is 6. The van der Waals surface area contributed by atoms with Crippen LogP contribution in [-0.2, 0) is 28.5 Å². The second-order valence-corrected chi connectivity index (χ2v) is 6.30. The van der Waals surface area contributed by atoms with E-state index in [9.17, 15) is 24.3 Å². The molecule has 0 radical (unpaired) electrons. The van der Waals surface area contributed by atoms with Gasteiger partial charge in [-0.3, -0.25) is 0 Å². The van der Waals surface area contributed by atoms with Crippen LogP contribution in [0.5, 0.6) is 0 Å². The van der Waals surface area contributed by atoms with Crippen molar-refractivity contribution in [3.05, 3.63) is 71.8 Å². The summed E-state index contributed by atoms with van der Waals surface area (Å²) in [5, 5.41) is 10.1. The maximum Gasteiger partial charge on any atom is 0.351 e. The van der Waals surface area contributed by atoms with Gasteiger partial charge >= 0.3 is 23.9 Å². The largest absolute Gasteiger partial charge is 0.466 e. The van der Waals surface area contributed by atoms with E-state index < -0.39 is 48.3 Å². The second-order valence-electron chi connectivity index (χ2n) is 6.30. The third kappa shape index (κ3) is 4.47. The van der Waals surface area contributed by atoms with Crippen molar-refractivity contribution >= 4 is 23.9 Å². The molecule has 9 nitrogen and oxygen atoms in total. The molecule has 2 aromatic carbocycles. The fourth-order valence-corrected chi connectivity index (χ4v) is 2.84. The molecule has 0 bridgehead atoms. The monoisotopic (exact) mass is 414 g/mol. The minimum atomic E-state index is -1.87. The minimum Gasteiger partial charge on any atom is -0.466 e. The molecule has 0 amide bonds. The lowest BCUT2D eigenvalue weighted by Crippen LogP contribution is -2.48. The molecule has 0 unspecified atom stereocenters. The summed E-state index contributed by atoms with van der Waals surface area (Å²) < 4.78 is 20.1. The number of cyclic esters (lactones) is 1. The molecule has 30 heavy (non-hydrogen) atoms. The average molecular weight is 414 g/mol. The zero-order valence-corrected chi connectivity index (χ0v) is 15.8. The Balaban J connectivity index is 1.84. The standard InChI is InChI=1S/C21H18O9/c1-27-21(26)17(30-19(24)13-10-6-3-7-11-13)16-15(14(22)20(25)29-16)28-18(23)12-8-4-2-5-9-12/h2-11,14-17,22H,1H3/t14-,15+,16+,17+/m1/s1. The highest BCUT2D eigenvalue weighted by molar-refractivity contribution is 5.92. The van der Waals surface area contributed by atoms with Crippen LogP contribution < -0.4 is 0 Å². The number of benzene rings is 2. The van der Waals surface area contributed by atoms with Crippen molar-refractivity contribution in [2.24, 2.45) is 0 Å². The van der Waals surface area contributed by atoms with Crippen molar-refractivity contribution in [2.45, 2.75) is 24.4 Å². The molecule has 9 heteroatoms. The summed E-state index contributed by atoms with van der Waals surface area (Å²) in [5.74, 6) is -3.93. The lowest BCUT2D eigenvalue weighted by Gasteiger charge is -2.25. The van der Waals surface area contributed by atoms with E-state index in [1.807, 2.05) is 0 Å². The molecule has 0 aliphatic carbocycles. The maximum atomic E-state index is 12.4. The third-order valence-corrected chi connectivity index (χ3v) is 4.36. The number of carbonyl (C=O) groups excluding carboxylic acids is 4.